The molecule has 1 unspecified atom stereocenters. The Morgan fingerprint density at radius 3 is 1.52 bits per heavy atom. The molecule has 0 N–H and O–H groups in total. The summed E-state index contributed by atoms with van der Waals surface area (Å²) in [4.78, 5) is 0. The molecule has 0 bridgehead atoms. The molecular formula is C16H32NO3Si+. The van der Waals surface area contributed by atoms with Crippen LogP contribution in [0.5, 0.6) is 0 Å². The van der Waals surface area contributed by atoms with Gasteiger partial charge >= 0.3 is 8.80 Å². The molecule has 0 aliphatic heterocycles. The van der Waals surface area contributed by atoms with Crippen molar-refractivity contribution in [3.05, 3.63) is 38.0 Å². The Labute approximate surface area is 131 Å². The summed E-state index contributed by atoms with van der Waals surface area (Å²) in [6.07, 6.45) is 7.81. The second-order valence-corrected chi connectivity index (χ2v) is 8.25. The Balaban J connectivity index is 5.93. The van der Waals surface area contributed by atoms with Gasteiger partial charge in [-0.1, -0.05) is 33.1 Å². The minimum atomic E-state index is -2.79. The van der Waals surface area contributed by atoms with Crippen LogP contribution in [0.15, 0.2) is 38.0 Å². The van der Waals surface area contributed by atoms with Crippen molar-refractivity contribution in [1.29, 1.82) is 0 Å². The Bertz CT molecular complexity index is 295. The van der Waals surface area contributed by atoms with Gasteiger partial charge in [-0.05, 0) is 18.2 Å². The molecule has 0 aromatic carbocycles. The van der Waals surface area contributed by atoms with Crippen LogP contribution in [0.4, 0.5) is 0 Å². The summed E-state index contributed by atoms with van der Waals surface area (Å²) in [6.45, 7) is 16.3. The van der Waals surface area contributed by atoms with E-state index in [1.165, 1.54) is 0 Å². The van der Waals surface area contributed by atoms with Gasteiger partial charge in [0, 0.05) is 27.8 Å². The van der Waals surface area contributed by atoms with E-state index in [2.05, 4.69) is 26.7 Å². The number of quaternary nitrogens is 1. The van der Waals surface area contributed by atoms with Crippen LogP contribution in [-0.2, 0) is 13.3 Å². The van der Waals surface area contributed by atoms with E-state index in [9.17, 15) is 0 Å². The summed E-state index contributed by atoms with van der Waals surface area (Å²) in [6, 6.07) is 0. The average Bonchev–Trinajstić information content (AvgIpc) is 2.49. The standard InChI is InChI=1S/C16H32NO3Si/c1-8-12-16(21(18-5,19-6)20-7)17(13-9-2,14-10-3)15-11-4/h9-11,16H,2-4,8,12-15H2,1,5-7H3/q+1. The zero-order valence-corrected chi connectivity index (χ0v) is 15.1. The fourth-order valence-corrected chi connectivity index (χ4v) is 6.04. The molecule has 21 heavy (non-hydrogen) atoms. The van der Waals surface area contributed by atoms with Crippen LogP contribution >= 0.6 is 0 Å². The van der Waals surface area contributed by atoms with Crippen molar-refractivity contribution in [1.82, 2.24) is 0 Å². The molecule has 0 aliphatic rings. The molecule has 0 fully saturated rings. The first-order valence-corrected chi connectivity index (χ1v) is 9.20. The summed E-state index contributed by atoms with van der Waals surface area (Å²) in [5, 5.41) is 0. The van der Waals surface area contributed by atoms with Gasteiger partial charge in [-0.2, -0.15) is 0 Å². The lowest BCUT2D eigenvalue weighted by Crippen LogP contribution is -2.70. The normalized spacial score (nSPS) is 13.7. The number of nitrogens with zero attached hydrogens (tertiary/aromatic N) is 1. The maximum absolute atomic E-state index is 5.77. The summed E-state index contributed by atoms with van der Waals surface area (Å²) >= 11 is 0. The molecule has 0 heterocycles. The van der Waals surface area contributed by atoms with Crippen molar-refractivity contribution in [2.75, 3.05) is 41.0 Å². The Morgan fingerprint density at radius 1 is 0.905 bits per heavy atom. The summed E-state index contributed by atoms with van der Waals surface area (Å²) in [5.41, 5.74) is 0.122. The smallest absolute Gasteiger partial charge is 0.373 e. The lowest BCUT2D eigenvalue weighted by atomic mass is 10.2. The zero-order valence-electron chi connectivity index (χ0n) is 14.1. The highest BCUT2D eigenvalue weighted by atomic mass is 28.4. The molecule has 0 amide bonds. The van der Waals surface area contributed by atoms with E-state index in [-0.39, 0.29) is 5.67 Å². The van der Waals surface area contributed by atoms with Crippen molar-refractivity contribution in [3.8, 4) is 0 Å². The fourth-order valence-electron chi connectivity index (χ4n) is 3.09. The predicted molar refractivity (Wildman–Crippen MR) is 90.9 cm³/mol. The molecule has 0 spiro atoms. The van der Waals surface area contributed by atoms with Crippen LogP contribution in [0.3, 0.4) is 0 Å². The van der Waals surface area contributed by atoms with Gasteiger partial charge in [-0.25, -0.2) is 0 Å². The number of rotatable bonds is 13. The number of hydrogen-bond acceptors (Lipinski definition) is 3. The van der Waals surface area contributed by atoms with Crippen molar-refractivity contribution in [2.24, 2.45) is 0 Å². The van der Waals surface area contributed by atoms with Crippen molar-refractivity contribution in [3.63, 3.8) is 0 Å². The molecule has 0 saturated carbocycles. The summed E-state index contributed by atoms with van der Waals surface area (Å²) in [5.74, 6) is 0. The molecule has 0 rings (SSSR count). The molecule has 1 atom stereocenters. The molecule has 122 valence electrons. The molecular weight excluding hydrogens is 282 g/mol. The molecule has 0 aromatic heterocycles. The predicted octanol–water partition coefficient (Wildman–Crippen LogP) is 2.95. The van der Waals surface area contributed by atoms with Crippen LogP contribution in [-0.4, -0.2) is 59.9 Å². The molecule has 0 radical (unpaired) electrons. The van der Waals surface area contributed by atoms with Crippen molar-refractivity contribution >= 4 is 8.80 Å². The maximum atomic E-state index is 5.77. The molecule has 0 saturated heterocycles. The molecule has 4 nitrogen and oxygen atoms in total. The minimum absolute atomic E-state index is 0.122. The third-order valence-electron chi connectivity index (χ3n) is 3.96. The average molecular weight is 315 g/mol. The monoisotopic (exact) mass is 314 g/mol. The van der Waals surface area contributed by atoms with Gasteiger partial charge in [0.15, 0.2) is 5.67 Å². The maximum Gasteiger partial charge on any atom is 0.561 e. The molecule has 5 heteroatoms. The number of hydrogen-bond donors (Lipinski definition) is 0. The second-order valence-electron chi connectivity index (χ2n) is 5.15. The Kier molecular flexibility index (Phi) is 9.73. The Hall–Kier alpha value is -0.723. The Morgan fingerprint density at radius 2 is 1.29 bits per heavy atom. The largest absolute Gasteiger partial charge is 0.561 e. The van der Waals surface area contributed by atoms with Crippen LogP contribution < -0.4 is 0 Å². The SMILES string of the molecule is C=CC[N+](CC=C)(CC=C)C(CCC)[Si](OC)(OC)OC. The lowest BCUT2D eigenvalue weighted by molar-refractivity contribution is -0.927. The van der Waals surface area contributed by atoms with Crippen LogP contribution in [0.2, 0.25) is 0 Å². The van der Waals surface area contributed by atoms with Gasteiger partial charge in [0.1, 0.15) is 0 Å². The first-order valence-electron chi connectivity index (χ1n) is 7.40. The van der Waals surface area contributed by atoms with Gasteiger partial charge in [0.25, 0.3) is 0 Å². The van der Waals surface area contributed by atoms with Gasteiger partial charge in [0.05, 0.1) is 19.6 Å². The first kappa shape index (κ1) is 20.3. The highest BCUT2D eigenvalue weighted by molar-refractivity contribution is 6.62. The topological polar surface area (TPSA) is 27.7 Å². The van der Waals surface area contributed by atoms with E-state index < -0.39 is 8.80 Å². The lowest BCUT2D eigenvalue weighted by Gasteiger charge is -2.47. The second kappa shape index (κ2) is 10.1. The van der Waals surface area contributed by atoms with Crippen LogP contribution in [0.1, 0.15) is 19.8 Å². The third-order valence-corrected chi connectivity index (χ3v) is 7.32. The summed E-state index contributed by atoms with van der Waals surface area (Å²) in [7, 11) is 2.23. The van der Waals surface area contributed by atoms with E-state index in [4.69, 9.17) is 13.3 Å². The first-order chi connectivity index (χ1) is 10.1. The molecule has 0 aliphatic carbocycles. The quantitative estimate of drug-likeness (QED) is 0.297. The van der Waals surface area contributed by atoms with Crippen LogP contribution in [0, 0.1) is 0 Å². The van der Waals surface area contributed by atoms with E-state index in [0.717, 1.165) is 37.0 Å². The van der Waals surface area contributed by atoms with Crippen LogP contribution in [0.25, 0.3) is 0 Å². The highest BCUT2D eigenvalue weighted by Gasteiger charge is 2.57. The fraction of sp³-hybridized carbons (Fsp3) is 0.625. The van der Waals surface area contributed by atoms with Gasteiger partial charge < -0.3 is 17.8 Å². The van der Waals surface area contributed by atoms with Gasteiger partial charge in [0.2, 0.25) is 0 Å². The zero-order chi connectivity index (χ0) is 16.4. The third kappa shape index (κ3) is 4.62. The van der Waals surface area contributed by atoms with Crippen molar-refractivity contribution < 1.29 is 17.8 Å². The molecule has 0 aromatic rings. The van der Waals surface area contributed by atoms with Gasteiger partial charge in [-0.15, -0.1) is 0 Å². The van der Waals surface area contributed by atoms with E-state index in [1.54, 1.807) is 21.3 Å². The minimum Gasteiger partial charge on any atom is -0.373 e. The van der Waals surface area contributed by atoms with Gasteiger partial charge in [-0.3, -0.25) is 0 Å². The van der Waals surface area contributed by atoms with E-state index >= 15 is 0 Å². The summed E-state index contributed by atoms with van der Waals surface area (Å²) < 4.78 is 18.0. The van der Waals surface area contributed by atoms with Crippen molar-refractivity contribution in [2.45, 2.75) is 25.4 Å². The van der Waals surface area contributed by atoms with E-state index in [1.807, 2.05) is 18.2 Å². The highest BCUT2D eigenvalue weighted by Crippen LogP contribution is 2.29. The van der Waals surface area contributed by atoms with E-state index in [0.29, 0.717) is 0 Å².